The van der Waals surface area contributed by atoms with Gasteiger partial charge in [-0.15, -0.1) is 0 Å². The Morgan fingerprint density at radius 1 is 1.07 bits per heavy atom. The standard InChI is InChI=1S/C17H12F3N5O2/c18-17(19,20)12-4-2-10(3-5-12)16(26)25-8-11(9-25)15-23-14(24-27-15)13-21-6-1-7-22-13/h1-7,11H,8-9H2. The van der Waals surface area contributed by atoms with Gasteiger partial charge in [0.1, 0.15) is 0 Å². The Labute approximate surface area is 150 Å². The lowest BCUT2D eigenvalue weighted by Gasteiger charge is -2.37. The first-order valence-electron chi connectivity index (χ1n) is 7.99. The number of nitrogens with zero attached hydrogens (tertiary/aromatic N) is 5. The first kappa shape index (κ1) is 17.1. The number of likely N-dealkylation sites (tertiary alicyclic amines) is 1. The first-order valence-corrected chi connectivity index (χ1v) is 7.99. The Kier molecular flexibility index (Phi) is 4.09. The second-order valence-electron chi connectivity index (χ2n) is 6.01. The van der Waals surface area contributed by atoms with Crippen LogP contribution in [0, 0.1) is 0 Å². The molecule has 1 amide bonds. The highest BCUT2D eigenvalue weighted by Crippen LogP contribution is 2.31. The highest BCUT2D eigenvalue weighted by molar-refractivity contribution is 5.94. The third-order valence-corrected chi connectivity index (χ3v) is 4.18. The minimum atomic E-state index is -4.43. The molecule has 0 aliphatic carbocycles. The molecule has 2 aromatic heterocycles. The zero-order chi connectivity index (χ0) is 19.0. The summed E-state index contributed by atoms with van der Waals surface area (Å²) in [4.78, 5) is 26.2. The molecule has 1 saturated heterocycles. The van der Waals surface area contributed by atoms with Crippen molar-refractivity contribution in [2.45, 2.75) is 12.1 Å². The fraction of sp³-hybridized carbons (Fsp3) is 0.235. The van der Waals surface area contributed by atoms with E-state index in [0.29, 0.717) is 24.8 Å². The van der Waals surface area contributed by atoms with Crippen molar-refractivity contribution in [1.29, 1.82) is 0 Å². The van der Waals surface area contributed by atoms with Crippen LogP contribution in [0.2, 0.25) is 0 Å². The number of carbonyl (C=O) groups is 1. The summed E-state index contributed by atoms with van der Waals surface area (Å²) >= 11 is 0. The third kappa shape index (κ3) is 3.37. The van der Waals surface area contributed by atoms with Crippen molar-refractivity contribution < 1.29 is 22.5 Å². The van der Waals surface area contributed by atoms with E-state index in [9.17, 15) is 18.0 Å². The molecule has 0 unspecified atom stereocenters. The van der Waals surface area contributed by atoms with E-state index in [1.54, 1.807) is 18.5 Å². The van der Waals surface area contributed by atoms with Crippen molar-refractivity contribution in [2.24, 2.45) is 0 Å². The van der Waals surface area contributed by atoms with Gasteiger partial charge in [-0.05, 0) is 30.3 Å². The van der Waals surface area contributed by atoms with Crippen molar-refractivity contribution in [3.63, 3.8) is 0 Å². The van der Waals surface area contributed by atoms with E-state index in [2.05, 4.69) is 20.1 Å². The zero-order valence-corrected chi connectivity index (χ0v) is 13.7. The van der Waals surface area contributed by atoms with Crippen molar-refractivity contribution in [1.82, 2.24) is 25.0 Å². The Balaban J connectivity index is 1.39. The lowest BCUT2D eigenvalue weighted by molar-refractivity contribution is -0.137. The van der Waals surface area contributed by atoms with Gasteiger partial charge in [-0.25, -0.2) is 9.97 Å². The van der Waals surface area contributed by atoms with E-state index >= 15 is 0 Å². The molecule has 1 aromatic carbocycles. The molecule has 4 rings (SSSR count). The summed E-state index contributed by atoms with van der Waals surface area (Å²) < 4.78 is 43.0. The van der Waals surface area contributed by atoms with Crippen LogP contribution in [-0.4, -0.2) is 44.0 Å². The molecule has 0 N–H and O–H groups in total. The fourth-order valence-corrected chi connectivity index (χ4v) is 2.69. The molecule has 7 nitrogen and oxygen atoms in total. The predicted octanol–water partition coefficient (Wildman–Crippen LogP) is 2.79. The highest BCUT2D eigenvalue weighted by atomic mass is 19.4. The van der Waals surface area contributed by atoms with Crippen LogP contribution in [0.1, 0.15) is 27.7 Å². The summed E-state index contributed by atoms with van der Waals surface area (Å²) in [6, 6.07) is 5.82. The monoisotopic (exact) mass is 375 g/mol. The Morgan fingerprint density at radius 3 is 2.37 bits per heavy atom. The molecule has 0 atom stereocenters. The van der Waals surface area contributed by atoms with Gasteiger partial charge in [0.2, 0.25) is 17.5 Å². The molecule has 0 radical (unpaired) electrons. The second-order valence-corrected chi connectivity index (χ2v) is 6.01. The fourth-order valence-electron chi connectivity index (χ4n) is 2.69. The molecule has 3 aromatic rings. The molecular weight excluding hydrogens is 363 g/mol. The van der Waals surface area contributed by atoms with Crippen LogP contribution in [0.15, 0.2) is 47.2 Å². The maximum absolute atomic E-state index is 12.6. The van der Waals surface area contributed by atoms with Gasteiger partial charge in [-0.3, -0.25) is 4.79 Å². The first-order chi connectivity index (χ1) is 12.9. The van der Waals surface area contributed by atoms with Crippen molar-refractivity contribution in [3.8, 4) is 11.6 Å². The van der Waals surface area contributed by atoms with E-state index in [4.69, 9.17) is 4.52 Å². The lowest BCUT2D eigenvalue weighted by atomic mass is 9.98. The quantitative estimate of drug-likeness (QED) is 0.700. The van der Waals surface area contributed by atoms with Crippen molar-refractivity contribution in [2.75, 3.05) is 13.1 Å². The predicted molar refractivity (Wildman–Crippen MR) is 85.4 cm³/mol. The van der Waals surface area contributed by atoms with Gasteiger partial charge in [0.25, 0.3) is 5.91 Å². The van der Waals surface area contributed by atoms with Crippen LogP contribution < -0.4 is 0 Å². The van der Waals surface area contributed by atoms with Crippen LogP contribution in [0.25, 0.3) is 11.6 Å². The van der Waals surface area contributed by atoms with Gasteiger partial charge >= 0.3 is 6.18 Å². The van der Waals surface area contributed by atoms with Crippen molar-refractivity contribution >= 4 is 5.91 Å². The van der Waals surface area contributed by atoms with E-state index in [-0.39, 0.29) is 23.2 Å². The molecule has 1 aliphatic heterocycles. The second kappa shape index (κ2) is 6.45. The maximum atomic E-state index is 12.6. The number of carbonyl (C=O) groups excluding carboxylic acids is 1. The zero-order valence-electron chi connectivity index (χ0n) is 13.7. The highest BCUT2D eigenvalue weighted by Gasteiger charge is 2.36. The number of benzene rings is 1. The molecule has 1 aliphatic rings. The number of amides is 1. The summed E-state index contributed by atoms with van der Waals surface area (Å²) in [5, 5.41) is 3.83. The number of rotatable bonds is 3. The topological polar surface area (TPSA) is 85.0 Å². The normalized spacial score (nSPS) is 14.9. The summed E-state index contributed by atoms with van der Waals surface area (Å²) in [7, 11) is 0. The summed E-state index contributed by atoms with van der Waals surface area (Å²) in [5.41, 5.74) is -0.590. The number of hydrogen-bond acceptors (Lipinski definition) is 6. The van der Waals surface area contributed by atoms with Gasteiger partial charge < -0.3 is 9.42 Å². The number of halogens is 3. The Morgan fingerprint density at radius 2 is 1.74 bits per heavy atom. The van der Waals surface area contributed by atoms with Crippen LogP contribution >= 0.6 is 0 Å². The molecule has 27 heavy (non-hydrogen) atoms. The molecule has 0 bridgehead atoms. The molecule has 0 spiro atoms. The van der Waals surface area contributed by atoms with E-state index in [1.807, 2.05) is 0 Å². The SMILES string of the molecule is O=C(c1ccc(C(F)(F)F)cc1)N1CC(c2nc(-c3ncccn3)no2)C1. The number of alkyl halides is 3. The van der Waals surface area contributed by atoms with Crippen LogP contribution in [-0.2, 0) is 6.18 Å². The van der Waals surface area contributed by atoms with Crippen LogP contribution in [0.5, 0.6) is 0 Å². The average Bonchev–Trinajstić information content (AvgIpc) is 3.10. The maximum Gasteiger partial charge on any atom is 0.416 e. The van der Waals surface area contributed by atoms with Crippen LogP contribution in [0.3, 0.4) is 0 Å². The van der Waals surface area contributed by atoms with Gasteiger partial charge in [0.15, 0.2) is 0 Å². The minimum absolute atomic E-state index is 0.131. The van der Waals surface area contributed by atoms with Gasteiger partial charge in [-0.1, -0.05) is 5.16 Å². The van der Waals surface area contributed by atoms with E-state index < -0.39 is 11.7 Å². The van der Waals surface area contributed by atoms with Crippen LogP contribution in [0.4, 0.5) is 13.2 Å². The minimum Gasteiger partial charge on any atom is -0.338 e. The molecule has 10 heteroatoms. The smallest absolute Gasteiger partial charge is 0.338 e. The average molecular weight is 375 g/mol. The van der Waals surface area contributed by atoms with E-state index in [0.717, 1.165) is 12.1 Å². The van der Waals surface area contributed by atoms with E-state index in [1.165, 1.54) is 17.0 Å². The van der Waals surface area contributed by atoms with Gasteiger partial charge in [0, 0.05) is 31.0 Å². The third-order valence-electron chi connectivity index (χ3n) is 4.18. The lowest BCUT2D eigenvalue weighted by Crippen LogP contribution is -2.48. The Bertz CT molecular complexity index is 951. The van der Waals surface area contributed by atoms with Gasteiger partial charge in [-0.2, -0.15) is 18.2 Å². The molecule has 3 heterocycles. The molecular formula is C17H12F3N5O2. The summed E-state index contributed by atoms with van der Waals surface area (Å²) in [6.07, 6.45) is -1.31. The number of hydrogen-bond donors (Lipinski definition) is 0. The molecule has 0 saturated carbocycles. The molecule has 1 fully saturated rings. The Hall–Kier alpha value is -3.30. The number of aromatic nitrogens is 4. The largest absolute Gasteiger partial charge is 0.416 e. The van der Waals surface area contributed by atoms with Crippen molar-refractivity contribution in [3.05, 3.63) is 59.7 Å². The molecule has 138 valence electrons. The summed E-state index contributed by atoms with van der Waals surface area (Å²) in [5.74, 6) is 0.496. The summed E-state index contributed by atoms with van der Waals surface area (Å²) in [6.45, 7) is 0.689. The van der Waals surface area contributed by atoms with Gasteiger partial charge in [0.05, 0.1) is 11.5 Å².